The maximum absolute atomic E-state index is 12.2. The summed E-state index contributed by atoms with van der Waals surface area (Å²) >= 11 is 0. The number of aromatic nitrogens is 1. The summed E-state index contributed by atoms with van der Waals surface area (Å²) in [6, 6.07) is 22.7. The van der Waals surface area contributed by atoms with Gasteiger partial charge in [0.1, 0.15) is 5.75 Å². The predicted octanol–water partition coefficient (Wildman–Crippen LogP) is 3.40. The lowest BCUT2D eigenvalue weighted by molar-refractivity contribution is -0.120. The molecule has 4 N–H and O–H groups in total. The van der Waals surface area contributed by atoms with Crippen molar-refractivity contribution in [3.63, 3.8) is 0 Å². The molecular weight excluding hydrogens is 402 g/mol. The second kappa shape index (κ2) is 9.39. The molecule has 0 saturated carbocycles. The number of nitrogens with two attached hydrogens (primary N) is 1. The number of nitrogens with one attached hydrogen (secondary N) is 1. The molecule has 1 aromatic heterocycles. The van der Waals surface area contributed by atoms with Crippen LogP contribution < -0.4 is 11.1 Å². The van der Waals surface area contributed by atoms with Crippen LogP contribution in [0.3, 0.4) is 0 Å². The van der Waals surface area contributed by atoms with Crippen molar-refractivity contribution < 1.29 is 14.7 Å². The van der Waals surface area contributed by atoms with Gasteiger partial charge in [-0.2, -0.15) is 0 Å². The van der Waals surface area contributed by atoms with Crippen molar-refractivity contribution >= 4 is 22.7 Å². The third-order valence-corrected chi connectivity index (χ3v) is 5.48. The van der Waals surface area contributed by atoms with Gasteiger partial charge in [-0.15, -0.1) is 0 Å². The van der Waals surface area contributed by atoms with E-state index < -0.39 is 5.91 Å². The average molecular weight is 428 g/mol. The third-order valence-electron chi connectivity index (χ3n) is 5.48. The van der Waals surface area contributed by atoms with E-state index in [1.807, 2.05) is 48.5 Å². The Morgan fingerprint density at radius 1 is 0.938 bits per heavy atom. The summed E-state index contributed by atoms with van der Waals surface area (Å²) in [6.07, 6.45) is 3.15. The van der Waals surface area contributed by atoms with Gasteiger partial charge in [-0.25, -0.2) is 0 Å². The second-order valence-corrected chi connectivity index (χ2v) is 7.78. The molecule has 4 aromatic rings. The van der Waals surface area contributed by atoms with Gasteiger partial charge in [0.25, 0.3) is 5.91 Å². The number of carbonyl (C=O) groups excluding carboxylic acids is 2. The summed E-state index contributed by atoms with van der Waals surface area (Å²) in [6.45, 7) is 1.08. The first-order valence-electron chi connectivity index (χ1n) is 10.5. The summed E-state index contributed by atoms with van der Waals surface area (Å²) in [5.41, 5.74) is 9.44. The molecular formula is C26H25N3O3. The van der Waals surface area contributed by atoms with E-state index in [1.54, 1.807) is 18.2 Å². The molecule has 0 saturated heterocycles. The molecule has 2 amide bonds. The van der Waals surface area contributed by atoms with Crippen molar-refractivity contribution in [3.8, 4) is 5.75 Å². The molecule has 3 aromatic carbocycles. The Kier molecular flexibility index (Phi) is 6.22. The molecule has 32 heavy (non-hydrogen) atoms. The lowest BCUT2D eigenvalue weighted by Crippen LogP contribution is -2.27. The lowest BCUT2D eigenvalue weighted by atomic mass is 10.1. The number of hydrogen-bond acceptors (Lipinski definition) is 3. The molecule has 0 atom stereocenters. The highest BCUT2D eigenvalue weighted by Gasteiger charge is 2.12. The van der Waals surface area contributed by atoms with Gasteiger partial charge in [0, 0.05) is 30.2 Å². The quantitative estimate of drug-likeness (QED) is 0.402. The Morgan fingerprint density at radius 2 is 1.69 bits per heavy atom. The van der Waals surface area contributed by atoms with Gasteiger partial charge in [-0.3, -0.25) is 9.59 Å². The summed E-state index contributed by atoms with van der Waals surface area (Å²) < 4.78 is 2.11. The first kappa shape index (κ1) is 21.2. The Hall–Kier alpha value is -4.06. The van der Waals surface area contributed by atoms with Crippen molar-refractivity contribution in [2.75, 3.05) is 6.54 Å². The number of primary amides is 1. The molecule has 0 unspecified atom stereocenters. The molecule has 0 aliphatic rings. The van der Waals surface area contributed by atoms with Crippen LogP contribution in [0.2, 0.25) is 0 Å². The number of nitrogens with zero attached hydrogens (tertiary/aromatic N) is 1. The predicted molar refractivity (Wildman–Crippen MR) is 125 cm³/mol. The fourth-order valence-corrected chi connectivity index (χ4v) is 3.91. The highest BCUT2D eigenvalue weighted by atomic mass is 16.3. The van der Waals surface area contributed by atoms with Gasteiger partial charge in [-0.05, 0) is 41.3 Å². The van der Waals surface area contributed by atoms with E-state index in [9.17, 15) is 14.7 Å². The minimum atomic E-state index is -0.655. The van der Waals surface area contributed by atoms with Crippen LogP contribution in [0.1, 0.15) is 27.0 Å². The molecule has 162 valence electrons. The number of rotatable bonds is 8. The number of phenols is 1. The third kappa shape index (κ3) is 4.81. The van der Waals surface area contributed by atoms with Crippen LogP contribution in [0.4, 0.5) is 0 Å². The minimum absolute atomic E-state index is 0.00459. The largest absolute Gasteiger partial charge is 0.507 e. The summed E-state index contributed by atoms with van der Waals surface area (Å²) in [5.74, 6) is -0.769. The van der Waals surface area contributed by atoms with Crippen molar-refractivity contribution in [3.05, 3.63) is 101 Å². The van der Waals surface area contributed by atoms with Gasteiger partial charge in [0.15, 0.2) is 0 Å². The molecule has 6 heteroatoms. The molecule has 0 radical (unpaired) electrons. The van der Waals surface area contributed by atoms with E-state index in [1.165, 1.54) is 0 Å². The molecule has 4 rings (SSSR count). The van der Waals surface area contributed by atoms with Crippen LogP contribution in [0, 0.1) is 0 Å². The van der Waals surface area contributed by atoms with Crippen LogP contribution in [-0.2, 0) is 24.2 Å². The van der Waals surface area contributed by atoms with E-state index in [-0.39, 0.29) is 17.2 Å². The SMILES string of the molecule is NC(=O)c1ccc(Cn2cc(CCNC(=O)Cc3ccccc3)c3ccccc32)cc1O. The van der Waals surface area contributed by atoms with E-state index in [2.05, 4.69) is 22.1 Å². The summed E-state index contributed by atoms with van der Waals surface area (Å²) in [7, 11) is 0. The van der Waals surface area contributed by atoms with Gasteiger partial charge in [-0.1, -0.05) is 54.6 Å². The molecule has 0 fully saturated rings. The lowest BCUT2D eigenvalue weighted by Gasteiger charge is -2.08. The molecule has 0 aliphatic heterocycles. The Morgan fingerprint density at radius 3 is 2.44 bits per heavy atom. The zero-order chi connectivity index (χ0) is 22.5. The molecule has 0 bridgehead atoms. The molecule has 1 heterocycles. The van der Waals surface area contributed by atoms with Crippen LogP contribution in [-0.4, -0.2) is 28.0 Å². The van der Waals surface area contributed by atoms with Crippen molar-refractivity contribution in [1.82, 2.24) is 9.88 Å². The first-order chi connectivity index (χ1) is 15.5. The van der Waals surface area contributed by atoms with E-state index >= 15 is 0 Å². The normalized spacial score (nSPS) is 10.9. The summed E-state index contributed by atoms with van der Waals surface area (Å²) in [4.78, 5) is 23.6. The maximum Gasteiger partial charge on any atom is 0.252 e. The van der Waals surface area contributed by atoms with E-state index in [0.717, 1.165) is 27.6 Å². The Bertz CT molecular complexity index is 1260. The standard InChI is InChI=1S/C26H25N3O3/c27-26(32)22-11-10-19(14-24(22)30)16-29-17-20(21-8-4-5-9-23(21)29)12-13-28-25(31)15-18-6-2-1-3-7-18/h1-11,14,17,30H,12-13,15-16H2,(H2,27,32)(H,28,31). The second-order valence-electron chi connectivity index (χ2n) is 7.78. The van der Waals surface area contributed by atoms with Crippen molar-refractivity contribution in [2.24, 2.45) is 5.73 Å². The fourth-order valence-electron chi connectivity index (χ4n) is 3.91. The average Bonchev–Trinajstić information content (AvgIpc) is 3.12. The molecule has 0 spiro atoms. The van der Waals surface area contributed by atoms with E-state index in [0.29, 0.717) is 25.9 Å². The van der Waals surface area contributed by atoms with Crippen molar-refractivity contribution in [2.45, 2.75) is 19.4 Å². The zero-order valence-corrected chi connectivity index (χ0v) is 17.6. The molecule has 6 nitrogen and oxygen atoms in total. The number of benzene rings is 3. The van der Waals surface area contributed by atoms with Crippen LogP contribution >= 0.6 is 0 Å². The van der Waals surface area contributed by atoms with Gasteiger partial charge < -0.3 is 20.7 Å². The van der Waals surface area contributed by atoms with Crippen molar-refractivity contribution in [1.29, 1.82) is 0 Å². The van der Waals surface area contributed by atoms with Crippen LogP contribution in [0.5, 0.6) is 5.75 Å². The number of aromatic hydroxyl groups is 1. The summed E-state index contributed by atoms with van der Waals surface area (Å²) in [5, 5.41) is 14.2. The maximum atomic E-state index is 12.2. The number of hydrogen-bond donors (Lipinski definition) is 3. The number of para-hydroxylation sites is 1. The monoisotopic (exact) mass is 427 g/mol. The number of carbonyl (C=O) groups is 2. The Labute approximate surface area is 186 Å². The number of amides is 2. The fraction of sp³-hybridized carbons (Fsp3) is 0.154. The highest BCUT2D eigenvalue weighted by molar-refractivity contribution is 5.95. The van der Waals surface area contributed by atoms with Gasteiger partial charge >= 0.3 is 0 Å². The van der Waals surface area contributed by atoms with E-state index in [4.69, 9.17) is 5.73 Å². The minimum Gasteiger partial charge on any atom is -0.507 e. The van der Waals surface area contributed by atoms with Crippen LogP contribution in [0.15, 0.2) is 79.0 Å². The topological polar surface area (TPSA) is 97.4 Å². The van der Waals surface area contributed by atoms with Crippen LogP contribution in [0.25, 0.3) is 10.9 Å². The Balaban J connectivity index is 1.46. The highest BCUT2D eigenvalue weighted by Crippen LogP contribution is 2.24. The van der Waals surface area contributed by atoms with Gasteiger partial charge in [0.2, 0.25) is 5.91 Å². The number of fused-ring (bicyclic) bond motifs is 1. The smallest absolute Gasteiger partial charge is 0.252 e. The molecule has 0 aliphatic carbocycles. The first-order valence-corrected chi connectivity index (χ1v) is 10.5. The van der Waals surface area contributed by atoms with Gasteiger partial charge in [0.05, 0.1) is 12.0 Å². The zero-order valence-electron chi connectivity index (χ0n) is 17.6.